The van der Waals surface area contributed by atoms with E-state index in [-0.39, 0.29) is 5.41 Å². The van der Waals surface area contributed by atoms with Crippen LogP contribution in [0, 0.1) is 5.41 Å². The zero-order valence-corrected chi connectivity index (χ0v) is 15.8. The third-order valence-corrected chi connectivity index (χ3v) is 5.79. The number of hydrogen-bond donors (Lipinski definition) is 1. The Morgan fingerprint density at radius 3 is 2.69 bits per heavy atom. The number of fused-ring (bicyclic) bond motifs is 1. The summed E-state index contributed by atoms with van der Waals surface area (Å²) < 4.78 is 5.66. The molecule has 0 radical (unpaired) electrons. The van der Waals surface area contributed by atoms with Gasteiger partial charge in [0, 0.05) is 24.3 Å². The first-order valence-corrected chi connectivity index (χ1v) is 9.73. The van der Waals surface area contributed by atoms with E-state index in [1.165, 1.54) is 22.4 Å². The molecule has 3 nitrogen and oxygen atoms in total. The van der Waals surface area contributed by atoms with E-state index in [0.717, 1.165) is 44.9 Å². The van der Waals surface area contributed by atoms with Gasteiger partial charge in [0.15, 0.2) is 0 Å². The summed E-state index contributed by atoms with van der Waals surface area (Å²) in [4.78, 5) is 5.08. The maximum absolute atomic E-state index is 5.66. The number of amidine groups is 1. The predicted molar refractivity (Wildman–Crippen MR) is 108 cm³/mol. The van der Waals surface area contributed by atoms with Gasteiger partial charge in [-0.25, -0.2) is 0 Å². The van der Waals surface area contributed by atoms with Gasteiger partial charge >= 0.3 is 0 Å². The van der Waals surface area contributed by atoms with Crippen LogP contribution < -0.4 is 5.32 Å². The molecule has 0 atom stereocenters. The minimum absolute atomic E-state index is 0.0995. The van der Waals surface area contributed by atoms with Crippen molar-refractivity contribution in [2.24, 2.45) is 10.4 Å². The van der Waals surface area contributed by atoms with Crippen LogP contribution in [0.5, 0.6) is 0 Å². The fourth-order valence-corrected chi connectivity index (χ4v) is 4.11. The molecular formula is C23H28N2O. The van der Waals surface area contributed by atoms with Crippen molar-refractivity contribution < 1.29 is 4.74 Å². The molecule has 0 aromatic heterocycles. The van der Waals surface area contributed by atoms with Gasteiger partial charge in [-0.3, -0.25) is 4.99 Å². The van der Waals surface area contributed by atoms with Crippen LogP contribution in [0.4, 0.5) is 5.69 Å². The largest absolute Gasteiger partial charge is 0.381 e. The molecule has 1 N–H and O–H groups in total. The molecule has 3 heteroatoms. The Morgan fingerprint density at radius 2 is 1.88 bits per heavy atom. The van der Waals surface area contributed by atoms with Crippen LogP contribution >= 0.6 is 0 Å². The first kappa shape index (κ1) is 17.3. The van der Waals surface area contributed by atoms with E-state index in [9.17, 15) is 0 Å². The molecule has 0 unspecified atom stereocenters. The number of para-hydroxylation sites is 1. The lowest BCUT2D eigenvalue weighted by Gasteiger charge is -2.42. The van der Waals surface area contributed by atoms with Crippen LogP contribution in [0.2, 0.25) is 0 Å². The van der Waals surface area contributed by atoms with E-state index in [1.54, 1.807) is 0 Å². The van der Waals surface area contributed by atoms with Gasteiger partial charge in [-0.15, -0.1) is 0 Å². The molecule has 0 amide bonds. The first-order valence-electron chi connectivity index (χ1n) is 9.73. The van der Waals surface area contributed by atoms with Crippen molar-refractivity contribution in [1.82, 2.24) is 0 Å². The highest BCUT2D eigenvalue weighted by Gasteiger charge is 2.41. The molecule has 4 rings (SSSR count). The summed E-state index contributed by atoms with van der Waals surface area (Å²) in [5.41, 5.74) is 5.37. The van der Waals surface area contributed by atoms with Crippen LogP contribution in [0.3, 0.4) is 0 Å². The molecule has 2 aliphatic heterocycles. The SMILES string of the molecule is CC(C)c1cccc(CN=C2Nc3ccccc3CC23CCOCC3)c1. The Kier molecular flexibility index (Phi) is 4.82. The van der Waals surface area contributed by atoms with Gasteiger partial charge in [0.2, 0.25) is 0 Å². The lowest BCUT2D eigenvalue weighted by atomic mass is 9.71. The Balaban J connectivity index is 1.64. The van der Waals surface area contributed by atoms with Crippen molar-refractivity contribution in [1.29, 1.82) is 0 Å². The standard InChI is InChI=1S/C23H28N2O/c1-17(2)19-8-5-6-18(14-19)16-24-22-23(10-12-26-13-11-23)15-20-7-3-4-9-21(20)25-22/h3-9,14,17H,10-13,15-16H2,1-2H3,(H,24,25). The zero-order valence-electron chi connectivity index (χ0n) is 15.8. The number of anilines is 1. The maximum Gasteiger partial charge on any atom is 0.108 e. The van der Waals surface area contributed by atoms with Gasteiger partial charge in [0.05, 0.1) is 6.54 Å². The maximum atomic E-state index is 5.66. The number of ether oxygens (including phenoxy) is 1. The quantitative estimate of drug-likeness (QED) is 0.830. The number of rotatable bonds is 3. The Labute approximate surface area is 156 Å². The Bertz CT molecular complexity index is 803. The summed E-state index contributed by atoms with van der Waals surface area (Å²) in [6.45, 7) is 6.86. The zero-order chi connectivity index (χ0) is 18.0. The second kappa shape index (κ2) is 7.24. The summed E-state index contributed by atoms with van der Waals surface area (Å²) in [5.74, 6) is 1.69. The van der Waals surface area contributed by atoms with Crippen molar-refractivity contribution in [2.45, 2.75) is 45.6 Å². The van der Waals surface area contributed by atoms with Gasteiger partial charge in [0.1, 0.15) is 5.84 Å². The summed E-state index contributed by atoms with van der Waals surface area (Å²) in [6, 6.07) is 17.5. The van der Waals surface area contributed by atoms with Crippen molar-refractivity contribution in [3.05, 3.63) is 65.2 Å². The minimum atomic E-state index is 0.0995. The average molecular weight is 348 g/mol. The molecule has 0 aliphatic carbocycles. The second-order valence-corrected chi connectivity index (χ2v) is 7.92. The minimum Gasteiger partial charge on any atom is -0.381 e. The topological polar surface area (TPSA) is 33.6 Å². The van der Waals surface area contributed by atoms with Crippen LogP contribution in [0.15, 0.2) is 53.5 Å². The highest BCUT2D eigenvalue weighted by Crippen LogP contribution is 2.41. The van der Waals surface area contributed by atoms with Crippen molar-refractivity contribution in [3.8, 4) is 0 Å². The number of nitrogens with one attached hydrogen (secondary N) is 1. The van der Waals surface area contributed by atoms with E-state index in [2.05, 4.69) is 67.7 Å². The fraction of sp³-hybridized carbons (Fsp3) is 0.435. The van der Waals surface area contributed by atoms with Gasteiger partial charge in [-0.2, -0.15) is 0 Å². The summed E-state index contributed by atoms with van der Waals surface area (Å²) >= 11 is 0. The molecule has 1 saturated heterocycles. The second-order valence-electron chi connectivity index (χ2n) is 7.92. The predicted octanol–water partition coefficient (Wildman–Crippen LogP) is 5.17. The van der Waals surface area contributed by atoms with Gasteiger partial charge < -0.3 is 10.1 Å². The number of hydrogen-bond acceptors (Lipinski definition) is 2. The molecule has 2 aliphatic rings. The van der Waals surface area contributed by atoms with Crippen LogP contribution in [0.25, 0.3) is 0 Å². The molecule has 136 valence electrons. The van der Waals surface area contributed by atoms with Crippen molar-refractivity contribution in [2.75, 3.05) is 18.5 Å². The molecule has 0 saturated carbocycles. The van der Waals surface area contributed by atoms with Crippen LogP contribution in [0.1, 0.15) is 49.3 Å². The molecule has 2 aromatic carbocycles. The molecule has 2 heterocycles. The van der Waals surface area contributed by atoms with Crippen LogP contribution in [-0.2, 0) is 17.7 Å². The molecule has 2 aromatic rings. The fourth-order valence-electron chi connectivity index (χ4n) is 4.11. The lowest BCUT2D eigenvalue weighted by molar-refractivity contribution is 0.0448. The van der Waals surface area contributed by atoms with Crippen LogP contribution in [-0.4, -0.2) is 19.0 Å². The van der Waals surface area contributed by atoms with E-state index < -0.39 is 0 Å². The summed E-state index contributed by atoms with van der Waals surface area (Å²) in [5, 5.41) is 3.66. The Hall–Kier alpha value is -2.13. The first-order chi connectivity index (χ1) is 12.7. The normalized spacial score (nSPS) is 20.2. The smallest absolute Gasteiger partial charge is 0.108 e. The van der Waals surface area contributed by atoms with Crippen molar-refractivity contribution in [3.63, 3.8) is 0 Å². The summed E-state index contributed by atoms with van der Waals surface area (Å²) in [7, 11) is 0. The molecule has 0 bridgehead atoms. The van der Waals surface area contributed by atoms with Gasteiger partial charge in [-0.05, 0) is 47.9 Å². The number of benzene rings is 2. The van der Waals surface area contributed by atoms with E-state index in [4.69, 9.17) is 9.73 Å². The number of aliphatic imine (C=N–C) groups is 1. The molecular weight excluding hydrogens is 320 g/mol. The third kappa shape index (κ3) is 3.41. The Morgan fingerprint density at radius 1 is 1.08 bits per heavy atom. The van der Waals surface area contributed by atoms with E-state index in [0.29, 0.717) is 5.92 Å². The summed E-state index contributed by atoms with van der Waals surface area (Å²) in [6.07, 6.45) is 3.14. The highest BCUT2D eigenvalue weighted by molar-refractivity contribution is 6.02. The average Bonchev–Trinajstić information content (AvgIpc) is 2.67. The number of nitrogens with zero attached hydrogens (tertiary/aromatic N) is 1. The van der Waals surface area contributed by atoms with E-state index >= 15 is 0 Å². The molecule has 26 heavy (non-hydrogen) atoms. The molecule has 1 spiro atoms. The van der Waals surface area contributed by atoms with Crippen molar-refractivity contribution >= 4 is 11.5 Å². The van der Waals surface area contributed by atoms with Gasteiger partial charge in [0.25, 0.3) is 0 Å². The highest BCUT2D eigenvalue weighted by atomic mass is 16.5. The lowest BCUT2D eigenvalue weighted by Crippen LogP contribution is -2.45. The monoisotopic (exact) mass is 348 g/mol. The van der Waals surface area contributed by atoms with Gasteiger partial charge in [-0.1, -0.05) is 56.3 Å². The van der Waals surface area contributed by atoms with E-state index in [1.807, 2.05) is 0 Å². The molecule has 1 fully saturated rings. The third-order valence-electron chi connectivity index (χ3n) is 5.79.